The number of amides is 1. The molecule has 26 heavy (non-hydrogen) atoms. The molecule has 0 aliphatic carbocycles. The first kappa shape index (κ1) is 18.3. The van der Waals surface area contributed by atoms with Crippen molar-refractivity contribution < 1.29 is 9.53 Å². The maximum absolute atomic E-state index is 12.6. The van der Waals surface area contributed by atoms with Gasteiger partial charge in [0.05, 0.1) is 6.04 Å². The molecule has 4 heteroatoms. The Morgan fingerprint density at radius 3 is 2.54 bits per heavy atom. The molecule has 1 N–H and O–H groups in total. The molecule has 1 amide bonds. The van der Waals surface area contributed by atoms with Crippen molar-refractivity contribution in [3.63, 3.8) is 0 Å². The molecule has 0 fully saturated rings. The number of hydrogen-bond acceptors (Lipinski definition) is 2. The van der Waals surface area contributed by atoms with E-state index in [1.165, 1.54) is 0 Å². The molecule has 134 valence electrons. The van der Waals surface area contributed by atoms with E-state index in [0.717, 1.165) is 21.9 Å². The van der Waals surface area contributed by atoms with E-state index < -0.39 is 6.10 Å². The number of carbonyl (C=O) groups is 1. The van der Waals surface area contributed by atoms with E-state index in [9.17, 15) is 4.79 Å². The van der Waals surface area contributed by atoms with Gasteiger partial charge >= 0.3 is 0 Å². The number of halogens is 1. The lowest BCUT2D eigenvalue weighted by Gasteiger charge is -2.21. The molecule has 0 saturated carbocycles. The van der Waals surface area contributed by atoms with Crippen LogP contribution in [-0.2, 0) is 4.79 Å². The lowest BCUT2D eigenvalue weighted by molar-refractivity contribution is -0.127. The quantitative estimate of drug-likeness (QED) is 0.651. The van der Waals surface area contributed by atoms with Gasteiger partial charge in [0, 0.05) is 5.02 Å². The maximum atomic E-state index is 12.6. The van der Waals surface area contributed by atoms with Crippen LogP contribution in [0.4, 0.5) is 0 Å². The predicted molar refractivity (Wildman–Crippen MR) is 107 cm³/mol. The molecule has 0 heterocycles. The normalized spacial score (nSPS) is 13.2. The van der Waals surface area contributed by atoms with E-state index in [0.29, 0.717) is 10.8 Å². The van der Waals surface area contributed by atoms with Crippen LogP contribution in [-0.4, -0.2) is 12.0 Å². The number of hydrogen-bond donors (Lipinski definition) is 1. The highest BCUT2D eigenvalue weighted by Crippen LogP contribution is 2.25. The first-order valence-corrected chi connectivity index (χ1v) is 9.04. The van der Waals surface area contributed by atoms with E-state index in [1.807, 2.05) is 44.2 Å². The summed E-state index contributed by atoms with van der Waals surface area (Å²) in [5, 5.41) is 6.00. The summed E-state index contributed by atoms with van der Waals surface area (Å²) in [4.78, 5) is 12.6. The second-order valence-corrected chi connectivity index (χ2v) is 6.90. The van der Waals surface area contributed by atoms with Crippen molar-refractivity contribution in [2.24, 2.45) is 0 Å². The SMILES string of the molecule is Cc1cc(Cl)ccc1O[C@H](C)C(=O)N[C@H](C)c1cccc2ccccc12. The van der Waals surface area contributed by atoms with Crippen molar-refractivity contribution in [2.45, 2.75) is 32.9 Å². The summed E-state index contributed by atoms with van der Waals surface area (Å²) in [7, 11) is 0. The molecule has 0 unspecified atom stereocenters. The van der Waals surface area contributed by atoms with E-state index >= 15 is 0 Å². The Kier molecular flexibility index (Phi) is 5.48. The molecule has 2 atom stereocenters. The maximum Gasteiger partial charge on any atom is 0.261 e. The summed E-state index contributed by atoms with van der Waals surface area (Å²) >= 11 is 5.97. The molecule has 0 aliphatic heterocycles. The monoisotopic (exact) mass is 367 g/mol. The number of aryl methyl sites for hydroxylation is 1. The lowest BCUT2D eigenvalue weighted by atomic mass is 9.99. The molecule has 0 aliphatic rings. The van der Waals surface area contributed by atoms with Crippen LogP contribution in [0.3, 0.4) is 0 Å². The van der Waals surface area contributed by atoms with E-state index in [4.69, 9.17) is 16.3 Å². The molecule has 0 radical (unpaired) electrons. The summed E-state index contributed by atoms with van der Waals surface area (Å²) in [6.45, 7) is 5.64. The van der Waals surface area contributed by atoms with Gasteiger partial charge in [-0.1, -0.05) is 54.1 Å². The highest BCUT2D eigenvalue weighted by Gasteiger charge is 2.19. The van der Waals surface area contributed by atoms with Gasteiger partial charge in [0.1, 0.15) is 5.75 Å². The van der Waals surface area contributed by atoms with Crippen molar-refractivity contribution in [3.05, 3.63) is 76.8 Å². The van der Waals surface area contributed by atoms with Crippen molar-refractivity contribution in [2.75, 3.05) is 0 Å². The van der Waals surface area contributed by atoms with Crippen LogP contribution in [0.25, 0.3) is 10.8 Å². The van der Waals surface area contributed by atoms with Crippen LogP contribution in [0.15, 0.2) is 60.7 Å². The zero-order valence-corrected chi connectivity index (χ0v) is 15.9. The molecule has 3 aromatic carbocycles. The van der Waals surface area contributed by atoms with Gasteiger partial charge in [-0.15, -0.1) is 0 Å². The lowest BCUT2D eigenvalue weighted by Crippen LogP contribution is -2.37. The standard InChI is InChI=1S/C22H22ClNO2/c1-14-13-18(23)11-12-21(14)26-16(3)22(25)24-15(2)19-10-6-8-17-7-4-5-9-20(17)19/h4-13,15-16H,1-3H3,(H,24,25)/t15-,16-/m1/s1. The van der Waals surface area contributed by atoms with Crippen LogP contribution >= 0.6 is 11.6 Å². The number of rotatable bonds is 5. The second kappa shape index (κ2) is 7.79. The molecule has 3 rings (SSSR count). The van der Waals surface area contributed by atoms with Gasteiger partial charge in [-0.3, -0.25) is 4.79 Å². The topological polar surface area (TPSA) is 38.3 Å². The Morgan fingerprint density at radius 2 is 1.77 bits per heavy atom. The Balaban J connectivity index is 1.72. The number of benzene rings is 3. The fraction of sp³-hybridized carbons (Fsp3) is 0.227. The minimum Gasteiger partial charge on any atom is -0.481 e. The molecule has 3 nitrogen and oxygen atoms in total. The van der Waals surface area contributed by atoms with Gasteiger partial charge in [-0.2, -0.15) is 0 Å². The van der Waals surface area contributed by atoms with Crippen LogP contribution in [0.2, 0.25) is 5.02 Å². The average molecular weight is 368 g/mol. The summed E-state index contributed by atoms with van der Waals surface area (Å²) in [5.41, 5.74) is 1.99. The van der Waals surface area contributed by atoms with Gasteiger partial charge in [0.15, 0.2) is 6.10 Å². The van der Waals surface area contributed by atoms with Crippen LogP contribution in [0.5, 0.6) is 5.75 Å². The first-order chi connectivity index (χ1) is 12.5. The Hall–Kier alpha value is -2.52. The van der Waals surface area contributed by atoms with Gasteiger partial charge < -0.3 is 10.1 Å². The van der Waals surface area contributed by atoms with Crippen molar-refractivity contribution in [1.29, 1.82) is 0 Å². The number of fused-ring (bicyclic) bond motifs is 1. The average Bonchev–Trinajstić information content (AvgIpc) is 2.63. The van der Waals surface area contributed by atoms with Gasteiger partial charge in [-0.05, 0) is 60.9 Å². The summed E-state index contributed by atoms with van der Waals surface area (Å²) in [6.07, 6.45) is -0.604. The number of nitrogens with one attached hydrogen (secondary N) is 1. The van der Waals surface area contributed by atoms with Crippen molar-refractivity contribution in [3.8, 4) is 5.75 Å². The summed E-state index contributed by atoms with van der Waals surface area (Å²) in [5.74, 6) is 0.509. The van der Waals surface area contributed by atoms with E-state index in [1.54, 1.807) is 19.1 Å². The first-order valence-electron chi connectivity index (χ1n) is 8.66. The van der Waals surface area contributed by atoms with Crippen LogP contribution < -0.4 is 10.1 Å². The van der Waals surface area contributed by atoms with Gasteiger partial charge in [0.2, 0.25) is 0 Å². The zero-order chi connectivity index (χ0) is 18.7. The third-order valence-electron chi connectivity index (χ3n) is 4.46. The van der Waals surface area contributed by atoms with Gasteiger partial charge in [0.25, 0.3) is 5.91 Å². The van der Waals surface area contributed by atoms with Crippen molar-refractivity contribution in [1.82, 2.24) is 5.32 Å². The van der Waals surface area contributed by atoms with E-state index in [-0.39, 0.29) is 11.9 Å². The van der Waals surface area contributed by atoms with E-state index in [2.05, 4.69) is 23.5 Å². The van der Waals surface area contributed by atoms with Gasteiger partial charge in [-0.25, -0.2) is 0 Å². The second-order valence-electron chi connectivity index (χ2n) is 6.47. The largest absolute Gasteiger partial charge is 0.481 e. The summed E-state index contributed by atoms with van der Waals surface area (Å²) < 4.78 is 5.82. The highest BCUT2D eigenvalue weighted by molar-refractivity contribution is 6.30. The third-order valence-corrected chi connectivity index (χ3v) is 4.69. The molecular formula is C22H22ClNO2. The molecule has 0 bridgehead atoms. The zero-order valence-electron chi connectivity index (χ0n) is 15.1. The fourth-order valence-electron chi connectivity index (χ4n) is 3.03. The van der Waals surface area contributed by atoms with Crippen LogP contribution in [0.1, 0.15) is 31.0 Å². The van der Waals surface area contributed by atoms with Crippen LogP contribution in [0, 0.1) is 6.92 Å². The van der Waals surface area contributed by atoms with Crippen molar-refractivity contribution >= 4 is 28.3 Å². The number of carbonyl (C=O) groups excluding carboxylic acids is 1. The molecular weight excluding hydrogens is 346 g/mol. The Labute approximate surface area is 158 Å². The predicted octanol–water partition coefficient (Wildman–Crippen LogP) is 5.45. The molecule has 0 spiro atoms. The molecule has 0 saturated heterocycles. The molecule has 3 aromatic rings. The molecule has 0 aromatic heterocycles. The highest BCUT2D eigenvalue weighted by atomic mass is 35.5. The third kappa shape index (κ3) is 4.00. The minimum atomic E-state index is -0.604. The summed E-state index contributed by atoms with van der Waals surface area (Å²) in [6, 6.07) is 19.5. The Morgan fingerprint density at radius 1 is 1.04 bits per heavy atom. The minimum absolute atomic E-state index is 0.119. The Bertz CT molecular complexity index is 933. The number of ether oxygens (including phenoxy) is 1. The fourth-order valence-corrected chi connectivity index (χ4v) is 3.25. The smallest absolute Gasteiger partial charge is 0.261 e.